The highest BCUT2D eigenvalue weighted by Gasteiger charge is 2.21. The van der Waals surface area contributed by atoms with Crippen LogP contribution in [0.5, 0.6) is 0 Å². The van der Waals surface area contributed by atoms with Crippen molar-refractivity contribution in [3.05, 3.63) is 0 Å². The van der Waals surface area contributed by atoms with Gasteiger partial charge in [-0.3, -0.25) is 0 Å². The molecule has 0 atom stereocenters. The summed E-state index contributed by atoms with van der Waals surface area (Å²) in [6.45, 7) is 19.1. The molecule has 0 nitrogen and oxygen atoms in total. The molecule has 2 rings (SSSR count). The van der Waals surface area contributed by atoms with Crippen molar-refractivity contribution < 1.29 is 0 Å². The van der Waals surface area contributed by atoms with E-state index in [2.05, 4.69) is 20.8 Å². The van der Waals surface area contributed by atoms with E-state index in [1.165, 1.54) is 51.4 Å². The van der Waals surface area contributed by atoms with E-state index in [0.29, 0.717) is 5.41 Å². The zero-order valence-electron chi connectivity index (χ0n) is 15.7. The molecule has 0 heterocycles. The Morgan fingerprint density at radius 1 is 0.632 bits per heavy atom. The Balaban J connectivity index is -0.000000195. The monoisotopic (exact) mass is 272 g/mol. The highest BCUT2D eigenvalue weighted by atomic mass is 14.3. The molecule has 2 aliphatic rings. The van der Waals surface area contributed by atoms with Crippen molar-refractivity contribution in [3.8, 4) is 0 Å². The van der Waals surface area contributed by atoms with Gasteiger partial charge in [0.05, 0.1) is 0 Å². The van der Waals surface area contributed by atoms with E-state index < -0.39 is 0 Å². The van der Waals surface area contributed by atoms with Gasteiger partial charge in [0.25, 0.3) is 0 Å². The number of rotatable bonds is 0. The first-order chi connectivity index (χ1) is 9.10. The molecule has 0 saturated heterocycles. The summed E-state index contributed by atoms with van der Waals surface area (Å²) in [4.78, 5) is 0. The minimum absolute atomic E-state index is 0.694. The Labute approximate surface area is 125 Å². The van der Waals surface area contributed by atoms with Gasteiger partial charge in [-0.05, 0) is 24.2 Å². The van der Waals surface area contributed by atoms with E-state index in [-0.39, 0.29) is 0 Å². The summed E-state index contributed by atoms with van der Waals surface area (Å²) in [5.41, 5.74) is 0.694. The van der Waals surface area contributed by atoms with Gasteiger partial charge in [-0.15, -0.1) is 0 Å². The minimum Gasteiger partial charge on any atom is -0.0683 e. The first-order valence-electron chi connectivity index (χ1n) is 9.10. The molecule has 0 aromatic carbocycles. The standard InChI is InChI=1S/C7H14.C6H12.3C2H6/c1-7(2)5-3-4-6-7;1-6-4-2-3-5-6;3*1-2/h3-6H2,1-2H3;6H,2-5H2,1H3;3*1-2H3. The summed E-state index contributed by atoms with van der Waals surface area (Å²) in [6.07, 6.45) is 11.8. The molecular weight excluding hydrogens is 228 g/mol. The second-order valence-electron chi connectivity index (χ2n) is 5.76. The molecule has 0 bridgehead atoms. The molecule has 120 valence electrons. The van der Waals surface area contributed by atoms with E-state index in [1.54, 1.807) is 0 Å². The summed E-state index contributed by atoms with van der Waals surface area (Å²) in [5.74, 6) is 1.05. The zero-order chi connectivity index (χ0) is 15.7. The van der Waals surface area contributed by atoms with E-state index >= 15 is 0 Å². The van der Waals surface area contributed by atoms with Gasteiger partial charge >= 0.3 is 0 Å². The third-order valence-corrected chi connectivity index (χ3v) is 3.60. The predicted octanol–water partition coefficient (Wildman–Crippen LogP) is 7.86. The summed E-state index contributed by atoms with van der Waals surface area (Å²) >= 11 is 0. The van der Waals surface area contributed by atoms with Crippen LogP contribution >= 0.6 is 0 Å². The Morgan fingerprint density at radius 3 is 1.05 bits per heavy atom. The molecule has 2 saturated carbocycles. The molecule has 0 heteroatoms. The number of hydrogen-bond acceptors (Lipinski definition) is 0. The fourth-order valence-corrected chi connectivity index (χ4v) is 2.46. The topological polar surface area (TPSA) is 0 Å². The van der Waals surface area contributed by atoms with Crippen LogP contribution in [-0.4, -0.2) is 0 Å². The second kappa shape index (κ2) is 18.0. The summed E-state index contributed by atoms with van der Waals surface area (Å²) in [7, 11) is 0. The Kier molecular flexibility index (Phi) is 22.8. The van der Waals surface area contributed by atoms with Gasteiger partial charge < -0.3 is 0 Å². The highest BCUT2D eigenvalue weighted by Crippen LogP contribution is 2.36. The van der Waals surface area contributed by atoms with Crippen LogP contribution in [0.25, 0.3) is 0 Å². The second-order valence-corrected chi connectivity index (χ2v) is 5.76. The average Bonchev–Trinajstić information content (AvgIpc) is 3.08. The van der Waals surface area contributed by atoms with Gasteiger partial charge in [-0.25, -0.2) is 0 Å². The molecule has 0 unspecified atom stereocenters. The molecule has 0 radical (unpaired) electrons. The molecule has 0 aromatic heterocycles. The lowest BCUT2D eigenvalue weighted by Gasteiger charge is -2.13. The first kappa shape index (κ1) is 24.0. The van der Waals surface area contributed by atoms with E-state index in [4.69, 9.17) is 0 Å². The number of hydrogen-bond donors (Lipinski definition) is 0. The highest BCUT2D eigenvalue weighted by molar-refractivity contribution is 4.74. The molecule has 2 fully saturated rings. The third-order valence-electron chi connectivity index (χ3n) is 3.60. The summed E-state index contributed by atoms with van der Waals surface area (Å²) in [6, 6.07) is 0. The SMILES string of the molecule is CC.CC.CC.CC1(C)CCCC1.CC1CCCC1. The van der Waals surface area contributed by atoms with Gasteiger partial charge in [0.2, 0.25) is 0 Å². The van der Waals surface area contributed by atoms with Crippen LogP contribution in [0.4, 0.5) is 0 Å². The lowest BCUT2D eigenvalue weighted by atomic mass is 9.92. The Hall–Kier alpha value is 0. The Morgan fingerprint density at radius 2 is 0.947 bits per heavy atom. The molecule has 0 amide bonds. The van der Waals surface area contributed by atoms with Crippen molar-refractivity contribution in [1.29, 1.82) is 0 Å². The van der Waals surface area contributed by atoms with E-state index in [9.17, 15) is 0 Å². The zero-order valence-corrected chi connectivity index (χ0v) is 15.7. The van der Waals surface area contributed by atoms with Crippen LogP contribution in [0.3, 0.4) is 0 Å². The van der Waals surface area contributed by atoms with Crippen LogP contribution < -0.4 is 0 Å². The van der Waals surface area contributed by atoms with E-state index in [0.717, 1.165) is 5.92 Å². The molecular formula is C19H44. The van der Waals surface area contributed by atoms with Crippen molar-refractivity contribution in [2.75, 3.05) is 0 Å². The van der Waals surface area contributed by atoms with E-state index in [1.807, 2.05) is 41.5 Å². The molecule has 0 aromatic rings. The largest absolute Gasteiger partial charge is 0.0683 e. The van der Waals surface area contributed by atoms with Crippen molar-refractivity contribution in [3.63, 3.8) is 0 Å². The predicted molar refractivity (Wildman–Crippen MR) is 93.9 cm³/mol. The van der Waals surface area contributed by atoms with Gasteiger partial charge in [-0.1, -0.05) is 101 Å². The van der Waals surface area contributed by atoms with Crippen LogP contribution in [-0.2, 0) is 0 Å². The molecule has 2 aliphatic carbocycles. The fraction of sp³-hybridized carbons (Fsp3) is 1.00. The van der Waals surface area contributed by atoms with Gasteiger partial charge in [0.1, 0.15) is 0 Å². The normalized spacial score (nSPS) is 19.4. The summed E-state index contributed by atoms with van der Waals surface area (Å²) in [5, 5.41) is 0. The lowest BCUT2D eigenvalue weighted by Crippen LogP contribution is -2.01. The van der Waals surface area contributed by atoms with Crippen molar-refractivity contribution in [1.82, 2.24) is 0 Å². The van der Waals surface area contributed by atoms with Crippen LogP contribution in [0.1, 0.15) is 114 Å². The third kappa shape index (κ3) is 18.0. The first-order valence-corrected chi connectivity index (χ1v) is 9.10. The van der Waals surface area contributed by atoms with Crippen molar-refractivity contribution in [2.24, 2.45) is 11.3 Å². The maximum absolute atomic E-state index is 2.36. The molecule has 0 aliphatic heterocycles. The molecule has 19 heavy (non-hydrogen) atoms. The fourth-order valence-electron chi connectivity index (χ4n) is 2.46. The van der Waals surface area contributed by atoms with Gasteiger partial charge in [-0.2, -0.15) is 0 Å². The van der Waals surface area contributed by atoms with Crippen LogP contribution in [0.15, 0.2) is 0 Å². The minimum atomic E-state index is 0.694. The maximum atomic E-state index is 2.36. The smallest absolute Gasteiger partial charge is 0.0354 e. The molecule has 0 N–H and O–H groups in total. The average molecular weight is 273 g/mol. The molecule has 0 spiro atoms. The van der Waals surface area contributed by atoms with Crippen molar-refractivity contribution in [2.45, 2.75) is 114 Å². The van der Waals surface area contributed by atoms with Crippen LogP contribution in [0, 0.1) is 11.3 Å². The lowest BCUT2D eigenvalue weighted by molar-refractivity contribution is 0.382. The summed E-state index contributed by atoms with van der Waals surface area (Å²) < 4.78 is 0. The quantitative estimate of drug-likeness (QED) is 0.421. The Bertz CT molecular complexity index is 121. The van der Waals surface area contributed by atoms with Crippen LogP contribution in [0.2, 0.25) is 0 Å². The maximum Gasteiger partial charge on any atom is -0.0354 e. The van der Waals surface area contributed by atoms with Crippen molar-refractivity contribution >= 4 is 0 Å². The van der Waals surface area contributed by atoms with Gasteiger partial charge in [0.15, 0.2) is 0 Å². The van der Waals surface area contributed by atoms with Gasteiger partial charge in [0, 0.05) is 0 Å².